The maximum absolute atomic E-state index is 14.6. The molecular weight excluding hydrogens is 446 g/mol. The van der Waals surface area contributed by atoms with Crippen molar-refractivity contribution in [2.45, 2.75) is 6.92 Å². The van der Waals surface area contributed by atoms with Crippen molar-refractivity contribution in [3.63, 3.8) is 0 Å². The summed E-state index contributed by atoms with van der Waals surface area (Å²) in [4.78, 5) is 6.73. The molecule has 4 aromatic rings. The number of aromatic amines is 1. The number of hydrogen-bond donors (Lipinski definition) is 2. The van der Waals surface area contributed by atoms with Crippen LogP contribution < -0.4 is 10.2 Å². The van der Waals surface area contributed by atoms with Crippen molar-refractivity contribution < 1.29 is 8.78 Å². The summed E-state index contributed by atoms with van der Waals surface area (Å²) in [5, 5.41) is 21.2. The third-order valence-corrected chi connectivity index (χ3v) is 5.84. The van der Waals surface area contributed by atoms with Gasteiger partial charge in [-0.3, -0.25) is 5.10 Å². The van der Waals surface area contributed by atoms with Crippen LogP contribution in [0.1, 0.15) is 11.3 Å². The standard InChI is InChI=1S/C24H20F2N6.ClH/c1-14-20-21(15-5-7-16(8-6-15)32-11-9-28-10-12-32)18(13-27)23(29-24(20)31-30-14)17-3-2-4-19(25)22(17)26;/h2-8,28H,9-12H2,1H3,(H,29,30,31);1H. The van der Waals surface area contributed by atoms with E-state index in [9.17, 15) is 14.0 Å². The molecule has 1 fully saturated rings. The highest BCUT2D eigenvalue weighted by Crippen LogP contribution is 2.38. The van der Waals surface area contributed by atoms with Crippen LogP contribution >= 0.6 is 12.4 Å². The number of anilines is 1. The molecule has 2 aromatic heterocycles. The SMILES string of the molecule is Cc1[nH]nc2nc(-c3cccc(F)c3F)c(C#N)c(-c3ccc(N4CCNCC4)cc3)c12.Cl. The Balaban J connectivity index is 0.00000259. The number of benzene rings is 2. The molecule has 3 heterocycles. The lowest BCUT2D eigenvalue weighted by atomic mass is 9.93. The van der Waals surface area contributed by atoms with E-state index in [1.807, 2.05) is 31.2 Å². The first kappa shape index (κ1) is 22.6. The zero-order valence-electron chi connectivity index (χ0n) is 17.8. The molecule has 1 saturated heterocycles. The first-order valence-corrected chi connectivity index (χ1v) is 10.4. The van der Waals surface area contributed by atoms with E-state index >= 15 is 0 Å². The lowest BCUT2D eigenvalue weighted by molar-refractivity contribution is 0.511. The Morgan fingerprint density at radius 2 is 1.79 bits per heavy atom. The first-order valence-electron chi connectivity index (χ1n) is 10.4. The van der Waals surface area contributed by atoms with Gasteiger partial charge in [0.05, 0.1) is 16.6 Å². The number of fused-ring (bicyclic) bond motifs is 1. The minimum Gasteiger partial charge on any atom is -0.369 e. The van der Waals surface area contributed by atoms with Gasteiger partial charge in [-0.05, 0) is 36.8 Å². The fraction of sp³-hybridized carbons (Fsp3) is 0.208. The smallest absolute Gasteiger partial charge is 0.182 e. The summed E-state index contributed by atoms with van der Waals surface area (Å²) in [6, 6.07) is 14.0. The van der Waals surface area contributed by atoms with Crippen LogP contribution in [0.4, 0.5) is 14.5 Å². The van der Waals surface area contributed by atoms with Crippen LogP contribution in [0, 0.1) is 29.9 Å². The summed E-state index contributed by atoms with van der Waals surface area (Å²) in [7, 11) is 0. The molecule has 0 aliphatic carbocycles. The number of piperazine rings is 1. The number of nitrogens with zero attached hydrogens (tertiary/aromatic N) is 4. The third-order valence-electron chi connectivity index (χ3n) is 5.84. The topological polar surface area (TPSA) is 80.6 Å². The van der Waals surface area contributed by atoms with Crippen molar-refractivity contribution in [1.82, 2.24) is 20.5 Å². The number of aromatic nitrogens is 3. The molecule has 0 saturated carbocycles. The van der Waals surface area contributed by atoms with Gasteiger partial charge in [0, 0.05) is 48.7 Å². The number of pyridine rings is 1. The molecule has 0 radical (unpaired) electrons. The Bertz CT molecular complexity index is 1350. The Kier molecular flexibility index (Phi) is 6.27. The van der Waals surface area contributed by atoms with Gasteiger partial charge < -0.3 is 10.2 Å². The molecule has 0 bridgehead atoms. The average Bonchev–Trinajstić information content (AvgIpc) is 3.20. The summed E-state index contributed by atoms with van der Waals surface area (Å²) in [5.41, 5.74) is 3.77. The molecule has 0 atom stereocenters. The number of hydrogen-bond acceptors (Lipinski definition) is 5. The van der Waals surface area contributed by atoms with E-state index in [2.05, 4.69) is 31.5 Å². The fourth-order valence-electron chi connectivity index (χ4n) is 4.24. The average molecular weight is 467 g/mol. The molecule has 0 spiro atoms. The highest BCUT2D eigenvalue weighted by atomic mass is 35.5. The van der Waals surface area contributed by atoms with Crippen molar-refractivity contribution in [1.29, 1.82) is 5.26 Å². The molecule has 9 heteroatoms. The summed E-state index contributed by atoms with van der Waals surface area (Å²) >= 11 is 0. The van der Waals surface area contributed by atoms with Crippen molar-refractivity contribution in [3.05, 3.63) is 65.4 Å². The molecule has 0 amide bonds. The maximum atomic E-state index is 14.6. The molecular formula is C24H21ClF2N6. The summed E-state index contributed by atoms with van der Waals surface area (Å²) in [6.45, 7) is 5.56. The van der Waals surface area contributed by atoms with Gasteiger partial charge >= 0.3 is 0 Å². The van der Waals surface area contributed by atoms with E-state index in [0.29, 0.717) is 16.6 Å². The molecule has 2 N–H and O–H groups in total. The first-order chi connectivity index (χ1) is 15.6. The normalized spacial score (nSPS) is 13.6. The zero-order chi connectivity index (χ0) is 22.2. The van der Waals surface area contributed by atoms with E-state index in [0.717, 1.165) is 49.2 Å². The Labute approximate surface area is 195 Å². The molecule has 1 aliphatic heterocycles. The molecule has 1 aliphatic rings. The van der Waals surface area contributed by atoms with Gasteiger partial charge in [-0.15, -0.1) is 12.4 Å². The Morgan fingerprint density at radius 3 is 2.48 bits per heavy atom. The second-order valence-electron chi connectivity index (χ2n) is 7.75. The number of nitriles is 1. The van der Waals surface area contributed by atoms with Crippen molar-refractivity contribution in [2.24, 2.45) is 0 Å². The van der Waals surface area contributed by atoms with Crippen LogP contribution in [0.2, 0.25) is 0 Å². The van der Waals surface area contributed by atoms with E-state index in [1.54, 1.807) is 0 Å². The number of nitrogens with one attached hydrogen (secondary N) is 2. The zero-order valence-corrected chi connectivity index (χ0v) is 18.6. The highest BCUT2D eigenvalue weighted by Gasteiger charge is 2.23. The van der Waals surface area contributed by atoms with Crippen molar-refractivity contribution in [2.75, 3.05) is 31.1 Å². The summed E-state index contributed by atoms with van der Waals surface area (Å²) in [6.07, 6.45) is 0. The van der Waals surface area contributed by atoms with E-state index < -0.39 is 11.6 Å². The number of halogens is 3. The minimum atomic E-state index is -1.04. The van der Waals surface area contributed by atoms with Gasteiger partial charge in [0.25, 0.3) is 0 Å². The highest BCUT2D eigenvalue weighted by molar-refractivity contribution is 6.00. The molecule has 5 rings (SSSR count). The second kappa shape index (κ2) is 9.14. The molecule has 33 heavy (non-hydrogen) atoms. The molecule has 6 nitrogen and oxygen atoms in total. The predicted molar refractivity (Wildman–Crippen MR) is 126 cm³/mol. The minimum absolute atomic E-state index is 0. The van der Waals surface area contributed by atoms with Crippen LogP contribution in [0.5, 0.6) is 0 Å². The lowest BCUT2D eigenvalue weighted by Gasteiger charge is -2.29. The predicted octanol–water partition coefficient (Wildman–Crippen LogP) is 4.58. The van der Waals surface area contributed by atoms with Gasteiger partial charge in [0.2, 0.25) is 0 Å². The van der Waals surface area contributed by atoms with Gasteiger partial charge in [-0.1, -0.05) is 18.2 Å². The maximum Gasteiger partial charge on any atom is 0.182 e. The van der Waals surface area contributed by atoms with Crippen LogP contribution in [0.3, 0.4) is 0 Å². The summed E-state index contributed by atoms with van der Waals surface area (Å²) in [5.74, 6) is -2.03. The van der Waals surface area contributed by atoms with Gasteiger partial charge in [0.1, 0.15) is 6.07 Å². The van der Waals surface area contributed by atoms with E-state index in [4.69, 9.17) is 0 Å². The molecule has 0 unspecified atom stereocenters. The van der Waals surface area contributed by atoms with Crippen molar-refractivity contribution >= 4 is 29.1 Å². The molecule has 168 valence electrons. The van der Waals surface area contributed by atoms with Crippen LogP contribution in [0.25, 0.3) is 33.4 Å². The Hall–Kier alpha value is -3.54. The quantitative estimate of drug-likeness (QED) is 0.462. The summed E-state index contributed by atoms with van der Waals surface area (Å²) < 4.78 is 28.6. The van der Waals surface area contributed by atoms with Gasteiger partial charge in [-0.2, -0.15) is 10.4 Å². The lowest BCUT2D eigenvalue weighted by Crippen LogP contribution is -2.43. The number of aryl methyl sites for hydroxylation is 1. The van der Waals surface area contributed by atoms with Crippen LogP contribution in [-0.4, -0.2) is 41.4 Å². The van der Waals surface area contributed by atoms with E-state index in [-0.39, 0.29) is 29.2 Å². The number of rotatable bonds is 3. The van der Waals surface area contributed by atoms with Crippen LogP contribution in [-0.2, 0) is 0 Å². The van der Waals surface area contributed by atoms with Gasteiger partial charge in [0.15, 0.2) is 17.3 Å². The van der Waals surface area contributed by atoms with E-state index in [1.165, 1.54) is 12.1 Å². The second-order valence-corrected chi connectivity index (χ2v) is 7.75. The number of H-pyrrole nitrogens is 1. The Morgan fingerprint density at radius 1 is 1.06 bits per heavy atom. The van der Waals surface area contributed by atoms with Crippen LogP contribution in [0.15, 0.2) is 42.5 Å². The molecule has 2 aromatic carbocycles. The monoisotopic (exact) mass is 466 g/mol. The largest absolute Gasteiger partial charge is 0.369 e. The third kappa shape index (κ3) is 3.90. The fourth-order valence-corrected chi connectivity index (χ4v) is 4.24. The van der Waals surface area contributed by atoms with Gasteiger partial charge in [-0.25, -0.2) is 13.8 Å². The van der Waals surface area contributed by atoms with Crippen molar-refractivity contribution in [3.8, 4) is 28.5 Å².